The smallest absolute Gasteiger partial charge is 0.323 e. The van der Waals surface area contributed by atoms with Crippen molar-refractivity contribution in [2.24, 2.45) is 5.14 Å². The summed E-state index contributed by atoms with van der Waals surface area (Å²) in [5.74, 6) is -2.01. The molecule has 0 unspecified atom stereocenters. The summed E-state index contributed by atoms with van der Waals surface area (Å²) >= 11 is 0. The van der Waals surface area contributed by atoms with Gasteiger partial charge in [-0.1, -0.05) is 0 Å². The van der Waals surface area contributed by atoms with Crippen molar-refractivity contribution in [1.82, 2.24) is 0 Å². The van der Waals surface area contributed by atoms with E-state index in [4.69, 9.17) is 15.0 Å². The molecule has 20 heavy (non-hydrogen) atoms. The Bertz CT molecular complexity index is 590. The van der Waals surface area contributed by atoms with E-state index in [0.29, 0.717) is 0 Å². The first-order valence-electron chi connectivity index (χ1n) is 5.53. The number of aliphatic carboxylic acids is 1. The Kier molecular flexibility index (Phi) is 5.43. The number of halogens is 1. The van der Waals surface area contributed by atoms with E-state index in [9.17, 15) is 17.6 Å². The number of carboxylic acids is 1. The van der Waals surface area contributed by atoms with Gasteiger partial charge in [0.1, 0.15) is 12.4 Å². The van der Waals surface area contributed by atoms with Crippen molar-refractivity contribution in [3.8, 4) is 0 Å². The van der Waals surface area contributed by atoms with E-state index < -0.39 is 28.4 Å². The molecule has 0 bridgehead atoms. The van der Waals surface area contributed by atoms with Crippen LogP contribution in [0.2, 0.25) is 0 Å². The summed E-state index contributed by atoms with van der Waals surface area (Å²) in [7, 11) is -2.58. The highest BCUT2D eigenvalue weighted by molar-refractivity contribution is 7.89. The van der Waals surface area contributed by atoms with E-state index in [-0.39, 0.29) is 23.7 Å². The van der Waals surface area contributed by atoms with Crippen LogP contribution in [-0.4, -0.2) is 46.3 Å². The van der Waals surface area contributed by atoms with Crippen LogP contribution in [0, 0.1) is 5.82 Å². The Labute approximate surface area is 115 Å². The van der Waals surface area contributed by atoms with Crippen molar-refractivity contribution in [2.75, 3.05) is 31.7 Å². The van der Waals surface area contributed by atoms with Crippen molar-refractivity contribution >= 4 is 21.7 Å². The Hall–Kier alpha value is -1.71. The van der Waals surface area contributed by atoms with Crippen molar-refractivity contribution in [3.63, 3.8) is 0 Å². The molecule has 0 amide bonds. The molecule has 3 N–H and O–H groups in total. The SMILES string of the molecule is COCCN(CC(=O)O)c1ccc(S(N)(=O)=O)cc1F. The van der Waals surface area contributed by atoms with Crippen molar-refractivity contribution in [2.45, 2.75) is 4.90 Å². The Balaban J connectivity index is 3.10. The Morgan fingerprint density at radius 3 is 2.60 bits per heavy atom. The number of methoxy groups -OCH3 is 1. The zero-order valence-electron chi connectivity index (χ0n) is 10.7. The number of anilines is 1. The normalized spacial score (nSPS) is 11.3. The molecular weight excluding hydrogens is 291 g/mol. The predicted molar refractivity (Wildman–Crippen MR) is 69.5 cm³/mol. The van der Waals surface area contributed by atoms with Gasteiger partial charge in [0.25, 0.3) is 0 Å². The van der Waals surface area contributed by atoms with Crippen molar-refractivity contribution in [1.29, 1.82) is 0 Å². The van der Waals surface area contributed by atoms with Gasteiger partial charge in [0, 0.05) is 13.7 Å². The third kappa shape index (κ3) is 4.44. The molecule has 1 rings (SSSR count). The first-order valence-corrected chi connectivity index (χ1v) is 7.08. The molecule has 0 aliphatic heterocycles. The van der Waals surface area contributed by atoms with E-state index >= 15 is 0 Å². The fourth-order valence-corrected chi connectivity index (χ4v) is 2.10. The van der Waals surface area contributed by atoms with Gasteiger partial charge in [-0.3, -0.25) is 4.79 Å². The molecule has 1 aromatic rings. The topological polar surface area (TPSA) is 110 Å². The zero-order chi connectivity index (χ0) is 15.3. The molecule has 0 aliphatic rings. The van der Waals surface area contributed by atoms with Crippen LogP contribution in [0.5, 0.6) is 0 Å². The average molecular weight is 306 g/mol. The molecule has 0 fully saturated rings. The third-order valence-corrected chi connectivity index (χ3v) is 3.39. The molecule has 0 spiro atoms. The van der Waals surface area contributed by atoms with Crippen LogP contribution in [0.3, 0.4) is 0 Å². The van der Waals surface area contributed by atoms with E-state index in [0.717, 1.165) is 12.1 Å². The number of hydrogen-bond acceptors (Lipinski definition) is 5. The summed E-state index contributed by atoms with van der Waals surface area (Å²) in [6.07, 6.45) is 0. The predicted octanol–water partition coefficient (Wildman–Crippen LogP) is 0.0105. The summed E-state index contributed by atoms with van der Waals surface area (Å²) < 4.78 is 40.9. The van der Waals surface area contributed by atoms with Gasteiger partial charge >= 0.3 is 5.97 Å². The molecule has 0 heterocycles. The summed E-state index contributed by atoms with van der Waals surface area (Å²) in [5, 5.41) is 13.7. The lowest BCUT2D eigenvalue weighted by molar-refractivity contribution is -0.135. The molecule has 0 aromatic heterocycles. The largest absolute Gasteiger partial charge is 0.480 e. The average Bonchev–Trinajstić information content (AvgIpc) is 2.33. The quantitative estimate of drug-likeness (QED) is 0.734. The number of benzene rings is 1. The van der Waals surface area contributed by atoms with Crippen LogP contribution in [0.25, 0.3) is 0 Å². The number of rotatable bonds is 7. The van der Waals surface area contributed by atoms with Gasteiger partial charge in [-0.25, -0.2) is 17.9 Å². The number of sulfonamides is 1. The highest BCUT2D eigenvalue weighted by Gasteiger charge is 2.17. The van der Waals surface area contributed by atoms with Gasteiger partial charge in [0.05, 0.1) is 17.2 Å². The number of primary sulfonamides is 1. The van der Waals surface area contributed by atoms with E-state index in [1.165, 1.54) is 18.1 Å². The van der Waals surface area contributed by atoms with Crippen LogP contribution < -0.4 is 10.0 Å². The second-order valence-electron chi connectivity index (χ2n) is 3.97. The van der Waals surface area contributed by atoms with Crippen LogP contribution in [0.4, 0.5) is 10.1 Å². The van der Waals surface area contributed by atoms with Crippen molar-refractivity contribution in [3.05, 3.63) is 24.0 Å². The first kappa shape index (κ1) is 16.3. The minimum absolute atomic E-state index is 0.0307. The molecule has 112 valence electrons. The molecule has 0 atom stereocenters. The zero-order valence-corrected chi connectivity index (χ0v) is 11.6. The van der Waals surface area contributed by atoms with Gasteiger partial charge in [0.15, 0.2) is 0 Å². The molecule has 0 saturated heterocycles. The Morgan fingerprint density at radius 2 is 2.15 bits per heavy atom. The second kappa shape index (κ2) is 6.64. The lowest BCUT2D eigenvalue weighted by atomic mass is 10.2. The van der Waals surface area contributed by atoms with Crippen LogP contribution in [-0.2, 0) is 19.6 Å². The van der Waals surface area contributed by atoms with Crippen LogP contribution in [0.1, 0.15) is 0 Å². The Morgan fingerprint density at radius 1 is 1.50 bits per heavy atom. The summed E-state index contributed by atoms with van der Waals surface area (Å²) in [5.41, 5.74) is -0.0307. The van der Waals surface area contributed by atoms with Gasteiger partial charge in [0.2, 0.25) is 10.0 Å². The van der Waals surface area contributed by atoms with Gasteiger partial charge in [-0.2, -0.15) is 0 Å². The van der Waals surface area contributed by atoms with Gasteiger partial charge in [-0.05, 0) is 18.2 Å². The van der Waals surface area contributed by atoms with Crippen LogP contribution in [0.15, 0.2) is 23.1 Å². The summed E-state index contributed by atoms with van der Waals surface area (Å²) in [4.78, 5) is 11.6. The monoisotopic (exact) mass is 306 g/mol. The molecule has 7 nitrogen and oxygen atoms in total. The number of carboxylic acid groups (broad SMARTS) is 1. The number of hydrogen-bond donors (Lipinski definition) is 2. The van der Waals surface area contributed by atoms with Crippen LogP contribution >= 0.6 is 0 Å². The third-order valence-electron chi connectivity index (χ3n) is 2.48. The number of carbonyl (C=O) groups is 1. The summed E-state index contributed by atoms with van der Waals surface area (Å²) in [6, 6.07) is 3.05. The molecular formula is C11H15FN2O5S. The number of nitrogens with two attached hydrogens (primary N) is 1. The fourth-order valence-electron chi connectivity index (χ4n) is 1.57. The molecule has 1 aromatic carbocycles. The fraction of sp³-hybridized carbons (Fsp3) is 0.364. The minimum atomic E-state index is -4.01. The highest BCUT2D eigenvalue weighted by atomic mass is 32.2. The first-order chi connectivity index (χ1) is 9.25. The summed E-state index contributed by atoms with van der Waals surface area (Å²) in [6.45, 7) is -0.0902. The molecule has 0 aliphatic carbocycles. The van der Waals surface area contributed by atoms with E-state index in [2.05, 4.69) is 0 Å². The molecule has 9 heteroatoms. The molecule has 0 radical (unpaired) electrons. The number of ether oxygens (including phenoxy) is 1. The second-order valence-corrected chi connectivity index (χ2v) is 5.53. The van der Waals surface area contributed by atoms with Gasteiger partial charge < -0.3 is 14.7 Å². The maximum absolute atomic E-state index is 13.9. The molecule has 0 saturated carbocycles. The number of nitrogens with zero attached hydrogens (tertiary/aromatic N) is 1. The maximum Gasteiger partial charge on any atom is 0.323 e. The van der Waals surface area contributed by atoms with Gasteiger partial charge in [-0.15, -0.1) is 0 Å². The highest BCUT2D eigenvalue weighted by Crippen LogP contribution is 2.22. The lowest BCUT2D eigenvalue weighted by Gasteiger charge is -2.23. The standard InChI is InChI=1S/C11H15FN2O5S/c1-19-5-4-14(7-11(15)16)10-3-2-8(6-9(10)12)20(13,17)18/h2-3,6H,4-5,7H2,1H3,(H,15,16)(H2,13,17,18). The minimum Gasteiger partial charge on any atom is -0.480 e. The lowest BCUT2D eigenvalue weighted by Crippen LogP contribution is -2.33. The maximum atomic E-state index is 13.9. The van der Waals surface area contributed by atoms with E-state index in [1.54, 1.807) is 0 Å². The van der Waals surface area contributed by atoms with Crippen molar-refractivity contribution < 1.29 is 27.4 Å². The van der Waals surface area contributed by atoms with E-state index in [1.807, 2.05) is 0 Å².